The Hall–Kier alpha value is -0.720. The van der Waals surface area contributed by atoms with Crippen molar-refractivity contribution in [1.29, 1.82) is 0 Å². The van der Waals surface area contributed by atoms with Crippen LogP contribution < -0.4 is 4.74 Å². The maximum Gasteiger partial charge on any atom is 0.313 e. The van der Waals surface area contributed by atoms with Gasteiger partial charge < -0.3 is 9.26 Å². The van der Waals surface area contributed by atoms with Crippen LogP contribution in [-0.2, 0) is 14.8 Å². The highest BCUT2D eigenvalue weighted by molar-refractivity contribution is 8.89. The third-order valence-electron chi connectivity index (χ3n) is 3.26. The zero-order chi connectivity index (χ0) is 19.7. The molecule has 0 saturated heterocycles. The van der Waals surface area contributed by atoms with E-state index in [-0.39, 0.29) is 0 Å². The molecular weight excluding hydrogens is 423 g/mol. The average molecular weight is 447 g/mol. The molecule has 0 aliphatic heterocycles. The summed E-state index contributed by atoms with van der Waals surface area (Å²) in [5.74, 6) is -0.499. The summed E-state index contributed by atoms with van der Waals surface area (Å²) in [5, 5.41) is 0.654. The van der Waals surface area contributed by atoms with Gasteiger partial charge in [0.15, 0.2) is 5.82 Å². The zero-order valence-corrected chi connectivity index (χ0v) is 19.0. The first kappa shape index (κ1) is 22.6. The fraction of sp³-hybridized carbons (Fsp3) is 0.444. The molecule has 1 unspecified atom stereocenters. The molecule has 148 valence electrons. The molecule has 0 aliphatic carbocycles. The fourth-order valence-corrected chi connectivity index (χ4v) is 8.83. The van der Waals surface area contributed by atoms with Crippen LogP contribution in [0, 0.1) is 0 Å². The van der Waals surface area contributed by atoms with Crippen molar-refractivity contribution in [3.05, 3.63) is 41.0 Å². The second kappa shape index (κ2) is 11.3. The Morgan fingerprint density at radius 3 is 2.44 bits per heavy atom. The number of nitrogens with zero attached hydrogens (tertiary/aromatic N) is 2. The number of aromatic nitrogens is 2. The number of hydrogen-bond donors (Lipinski definition) is 0. The van der Waals surface area contributed by atoms with Crippen LogP contribution >= 0.6 is 40.1 Å². The summed E-state index contributed by atoms with van der Waals surface area (Å²) in [4.78, 5) is 9.08. The summed E-state index contributed by atoms with van der Waals surface area (Å²) in [6, 6.07) is 9.12. The van der Waals surface area contributed by atoms with Crippen LogP contribution in [0.1, 0.15) is 32.9 Å². The van der Waals surface area contributed by atoms with Crippen LogP contribution in [0.25, 0.3) is 11.4 Å². The smallest absolute Gasteiger partial charge is 0.313 e. The largest absolute Gasteiger partial charge is 0.478 e. The van der Waals surface area contributed by atoms with Crippen molar-refractivity contribution in [2.24, 2.45) is 0 Å². The molecule has 0 N–H and O–H groups in total. The maximum atomic E-state index is 13.0. The van der Waals surface area contributed by atoms with Crippen LogP contribution in [-0.4, -0.2) is 28.9 Å². The van der Waals surface area contributed by atoms with Crippen molar-refractivity contribution in [3.63, 3.8) is 0 Å². The van der Waals surface area contributed by atoms with Crippen molar-refractivity contribution < 1.29 is 13.8 Å². The van der Waals surface area contributed by atoms with E-state index >= 15 is 0 Å². The Balaban J connectivity index is 2.24. The summed E-state index contributed by atoms with van der Waals surface area (Å²) in [6.07, 6.45) is 0.949. The van der Waals surface area contributed by atoms with E-state index in [9.17, 15) is 4.57 Å². The lowest BCUT2D eigenvalue weighted by atomic mass is 10.2. The Morgan fingerprint density at radius 1 is 1.07 bits per heavy atom. The lowest BCUT2D eigenvalue weighted by Crippen LogP contribution is -2.01. The van der Waals surface area contributed by atoms with Gasteiger partial charge in [-0.3, -0.25) is 4.57 Å². The van der Waals surface area contributed by atoms with Gasteiger partial charge in [-0.15, -0.1) is 0 Å². The van der Waals surface area contributed by atoms with Crippen LogP contribution in [0.15, 0.2) is 30.3 Å². The van der Waals surface area contributed by atoms with Gasteiger partial charge in [-0.1, -0.05) is 41.3 Å². The minimum Gasteiger partial charge on any atom is -0.478 e. The first-order valence-corrected chi connectivity index (χ1v) is 14.0. The van der Waals surface area contributed by atoms with Crippen LogP contribution in [0.5, 0.6) is 5.88 Å². The van der Waals surface area contributed by atoms with E-state index in [1.54, 1.807) is 18.2 Å². The zero-order valence-electron chi connectivity index (χ0n) is 15.7. The Kier molecular flexibility index (Phi) is 9.46. The molecule has 2 rings (SSSR count). The van der Waals surface area contributed by atoms with E-state index in [0.29, 0.717) is 35.7 Å². The van der Waals surface area contributed by atoms with Gasteiger partial charge in [0.1, 0.15) is 0 Å². The molecule has 0 radical (unpaired) electrons. The van der Waals surface area contributed by atoms with E-state index in [1.807, 2.05) is 26.0 Å². The lowest BCUT2D eigenvalue weighted by Gasteiger charge is -2.16. The van der Waals surface area contributed by atoms with Gasteiger partial charge in [-0.2, -0.15) is 4.98 Å². The van der Waals surface area contributed by atoms with E-state index in [2.05, 4.69) is 16.9 Å². The molecule has 0 aliphatic rings. The molecule has 0 spiro atoms. The van der Waals surface area contributed by atoms with Crippen molar-refractivity contribution in [2.75, 3.05) is 19.0 Å². The maximum absolute atomic E-state index is 13.0. The molecule has 0 fully saturated rings. The van der Waals surface area contributed by atoms with Gasteiger partial charge in [0, 0.05) is 28.2 Å². The van der Waals surface area contributed by atoms with Crippen LogP contribution in [0.2, 0.25) is 5.02 Å². The highest BCUT2D eigenvalue weighted by Crippen LogP contribution is 2.70. The summed E-state index contributed by atoms with van der Waals surface area (Å²) >= 11 is 8.66. The molecule has 0 saturated carbocycles. The van der Waals surface area contributed by atoms with Gasteiger partial charge in [-0.05, 0) is 44.5 Å². The Labute approximate surface area is 173 Å². The predicted molar refractivity (Wildman–Crippen MR) is 117 cm³/mol. The second-order valence-corrected chi connectivity index (χ2v) is 13.4. The molecule has 1 aromatic heterocycles. The number of benzene rings is 1. The molecule has 1 atom stereocenters. The third-order valence-corrected chi connectivity index (χ3v) is 11.1. The van der Waals surface area contributed by atoms with Crippen molar-refractivity contribution in [1.82, 2.24) is 9.97 Å². The Bertz CT molecular complexity index is 778. The normalized spacial score (nSPS) is 13.3. The molecule has 2 aromatic rings. The van der Waals surface area contributed by atoms with E-state index in [0.717, 1.165) is 23.4 Å². The van der Waals surface area contributed by atoms with E-state index in [4.69, 9.17) is 20.9 Å². The number of halogens is 1. The minimum absolute atomic E-state index is 0.422. The van der Waals surface area contributed by atoms with Gasteiger partial charge >= 0.3 is 5.77 Å². The monoisotopic (exact) mass is 446 g/mol. The standard InChI is InChI=1S/C18H24ClN2O3PS2/c1-4-11-26-25(22,24-6-3)27-13-16-12-17(23-5-2)21-18(20-16)14-7-9-15(19)10-8-14/h7-10,12H,4-6,11,13H2,1-3H3. The average Bonchev–Trinajstić information content (AvgIpc) is 2.66. The highest BCUT2D eigenvalue weighted by atomic mass is 35.5. The second-order valence-electron chi connectivity index (χ2n) is 5.43. The van der Waals surface area contributed by atoms with E-state index in [1.165, 1.54) is 22.8 Å². The van der Waals surface area contributed by atoms with Gasteiger partial charge in [0.25, 0.3) is 0 Å². The number of hydrogen-bond acceptors (Lipinski definition) is 7. The number of rotatable bonds is 11. The van der Waals surface area contributed by atoms with Crippen molar-refractivity contribution in [3.8, 4) is 17.3 Å². The third kappa shape index (κ3) is 7.31. The van der Waals surface area contributed by atoms with Gasteiger partial charge in [-0.25, -0.2) is 4.98 Å². The lowest BCUT2D eigenvalue weighted by molar-refractivity contribution is 0.326. The SMILES string of the molecule is CCCSP(=O)(OCC)SCc1cc(OCC)nc(-c2ccc(Cl)cc2)n1. The summed E-state index contributed by atoms with van der Waals surface area (Å²) in [6.45, 7) is 6.75. The van der Waals surface area contributed by atoms with Crippen molar-refractivity contribution in [2.45, 2.75) is 32.9 Å². The summed E-state index contributed by atoms with van der Waals surface area (Å²) in [7, 11) is 0. The molecule has 0 amide bonds. The molecule has 9 heteroatoms. The summed E-state index contributed by atoms with van der Waals surface area (Å²) in [5.41, 5.74) is 1.60. The van der Waals surface area contributed by atoms with E-state index < -0.39 is 5.77 Å². The quantitative estimate of drug-likeness (QED) is 0.355. The van der Waals surface area contributed by atoms with Crippen molar-refractivity contribution >= 4 is 40.1 Å². The molecule has 5 nitrogen and oxygen atoms in total. The minimum atomic E-state index is -2.81. The fourth-order valence-electron chi connectivity index (χ4n) is 2.11. The molecule has 27 heavy (non-hydrogen) atoms. The van der Waals surface area contributed by atoms with Crippen LogP contribution in [0.3, 0.4) is 0 Å². The Morgan fingerprint density at radius 2 is 1.81 bits per heavy atom. The molecule has 1 aromatic carbocycles. The molecule has 0 bridgehead atoms. The predicted octanol–water partition coefficient (Wildman–Crippen LogP) is 6.72. The topological polar surface area (TPSA) is 61.3 Å². The van der Waals surface area contributed by atoms with Gasteiger partial charge in [0.05, 0.1) is 18.9 Å². The summed E-state index contributed by atoms with van der Waals surface area (Å²) < 4.78 is 24.1. The number of ether oxygens (including phenoxy) is 1. The van der Waals surface area contributed by atoms with Crippen LogP contribution in [0.4, 0.5) is 0 Å². The highest BCUT2D eigenvalue weighted by Gasteiger charge is 2.24. The molecular formula is C18H24ClN2O3PS2. The first-order valence-electron chi connectivity index (χ1n) is 8.80. The molecule has 1 heterocycles. The first-order chi connectivity index (χ1) is 13.0. The van der Waals surface area contributed by atoms with Gasteiger partial charge in [0.2, 0.25) is 5.88 Å².